The SMILES string of the molecule is CCCOCCCNC(C)C1CCN(CC)CC1. The van der Waals surface area contributed by atoms with Gasteiger partial charge in [-0.25, -0.2) is 0 Å². The monoisotopic (exact) mass is 256 g/mol. The van der Waals surface area contributed by atoms with Crippen LogP contribution in [0.4, 0.5) is 0 Å². The molecule has 3 nitrogen and oxygen atoms in total. The Balaban J connectivity index is 2.01. The molecule has 0 amide bonds. The van der Waals surface area contributed by atoms with Crippen LogP contribution in [0.1, 0.15) is 46.5 Å². The highest BCUT2D eigenvalue weighted by Gasteiger charge is 2.22. The highest BCUT2D eigenvalue weighted by Crippen LogP contribution is 2.20. The van der Waals surface area contributed by atoms with E-state index in [0.717, 1.165) is 38.5 Å². The van der Waals surface area contributed by atoms with E-state index in [1.165, 1.54) is 32.5 Å². The van der Waals surface area contributed by atoms with Gasteiger partial charge in [0.05, 0.1) is 0 Å². The summed E-state index contributed by atoms with van der Waals surface area (Å²) in [5.41, 5.74) is 0. The summed E-state index contributed by atoms with van der Waals surface area (Å²) >= 11 is 0. The minimum absolute atomic E-state index is 0.662. The number of nitrogens with zero attached hydrogens (tertiary/aromatic N) is 1. The summed E-state index contributed by atoms with van der Waals surface area (Å²) in [4.78, 5) is 2.56. The smallest absolute Gasteiger partial charge is 0.0478 e. The zero-order valence-electron chi connectivity index (χ0n) is 12.6. The molecule has 1 saturated heterocycles. The molecule has 1 rings (SSSR count). The highest BCUT2D eigenvalue weighted by atomic mass is 16.5. The second-order valence-corrected chi connectivity index (χ2v) is 5.48. The Hall–Kier alpha value is -0.120. The zero-order chi connectivity index (χ0) is 13.2. The molecule has 1 heterocycles. The number of hydrogen-bond donors (Lipinski definition) is 1. The van der Waals surface area contributed by atoms with Crippen molar-refractivity contribution in [2.75, 3.05) is 39.4 Å². The van der Waals surface area contributed by atoms with E-state index >= 15 is 0 Å². The number of ether oxygens (including phenoxy) is 1. The fraction of sp³-hybridized carbons (Fsp3) is 1.00. The zero-order valence-corrected chi connectivity index (χ0v) is 12.6. The van der Waals surface area contributed by atoms with E-state index in [9.17, 15) is 0 Å². The summed E-state index contributed by atoms with van der Waals surface area (Å²) in [6, 6.07) is 0.662. The molecular formula is C15H32N2O. The Morgan fingerprint density at radius 3 is 2.56 bits per heavy atom. The topological polar surface area (TPSA) is 24.5 Å². The maximum atomic E-state index is 5.49. The van der Waals surface area contributed by atoms with Gasteiger partial charge in [0.2, 0.25) is 0 Å². The van der Waals surface area contributed by atoms with Gasteiger partial charge in [-0.3, -0.25) is 0 Å². The van der Waals surface area contributed by atoms with Crippen LogP contribution < -0.4 is 5.32 Å². The normalized spacial score (nSPS) is 20.2. The molecule has 1 aliphatic rings. The first kappa shape index (κ1) is 15.9. The molecule has 108 valence electrons. The third-order valence-corrected chi connectivity index (χ3v) is 4.07. The third kappa shape index (κ3) is 6.17. The molecule has 0 spiro atoms. The van der Waals surface area contributed by atoms with Gasteiger partial charge >= 0.3 is 0 Å². The van der Waals surface area contributed by atoms with Gasteiger partial charge in [-0.2, -0.15) is 0 Å². The number of piperidine rings is 1. The lowest BCUT2D eigenvalue weighted by Crippen LogP contribution is -2.42. The summed E-state index contributed by atoms with van der Waals surface area (Å²) < 4.78 is 5.49. The average molecular weight is 256 g/mol. The van der Waals surface area contributed by atoms with Crippen molar-refractivity contribution >= 4 is 0 Å². The van der Waals surface area contributed by atoms with Crippen molar-refractivity contribution < 1.29 is 4.74 Å². The van der Waals surface area contributed by atoms with Gasteiger partial charge in [0.25, 0.3) is 0 Å². The van der Waals surface area contributed by atoms with E-state index in [2.05, 4.69) is 31.0 Å². The van der Waals surface area contributed by atoms with Crippen LogP contribution in [0.5, 0.6) is 0 Å². The number of nitrogens with one attached hydrogen (secondary N) is 1. The van der Waals surface area contributed by atoms with Gasteiger partial charge < -0.3 is 15.0 Å². The van der Waals surface area contributed by atoms with Crippen LogP contribution in [-0.2, 0) is 4.74 Å². The second kappa shape index (κ2) is 9.76. The Kier molecular flexibility index (Phi) is 8.64. The van der Waals surface area contributed by atoms with Crippen molar-refractivity contribution in [3.05, 3.63) is 0 Å². The molecule has 0 bridgehead atoms. The molecule has 1 unspecified atom stereocenters. The largest absolute Gasteiger partial charge is 0.381 e. The standard InChI is InChI=1S/C15H32N2O/c1-4-12-18-13-6-9-16-14(3)15-7-10-17(5-2)11-8-15/h14-16H,4-13H2,1-3H3. The quantitative estimate of drug-likeness (QED) is 0.642. The van der Waals surface area contributed by atoms with E-state index in [1.807, 2.05) is 0 Å². The van der Waals surface area contributed by atoms with E-state index in [0.29, 0.717) is 6.04 Å². The Morgan fingerprint density at radius 2 is 1.94 bits per heavy atom. The Bertz CT molecular complexity index is 191. The second-order valence-electron chi connectivity index (χ2n) is 5.48. The molecule has 3 heteroatoms. The molecule has 0 saturated carbocycles. The van der Waals surface area contributed by atoms with Crippen molar-refractivity contribution in [3.8, 4) is 0 Å². The molecule has 0 aromatic rings. The minimum atomic E-state index is 0.662. The van der Waals surface area contributed by atoms with Crippen LogP contribution >= 0.6 is 0 Å². The first-order chi connectivity index (χ1) is 8.77. The van der Waals surface area contributed by atoms with Gasteiger partial charge in [-0.15, -0.1) is 0 Å². The summed E-state index contributed by atoms with van der Waals surface area (Å²) in [6.45, 7) is 13.5. The fourth-order valence-corrected chi connectivity index (χ4v) is 2.69. The van der Waals surface area contributed by atoms with Crippen LogP contribution in [0.25, 0.3) is 0 Å². The molecule has 18 heavy (non-hydrogen) atoms. The maximum Gasteiger partial charge on any atom is 0.0478 e. The lowest BCUT2D eigenvalue weighted by atomic mass is 9.90. The summed E-state index contributed by atoms with van der Waals surface area (Å²) in [7, 11) is 0. The number of hydrogen-bond acceptors (Lipinski definition) is 3. The summed E-state index contributed by atoms with van der Waals surface area (Å²) in [5.74, 6) is 0.865. The molecule has 1 fully saturated rings. The molecule has 0 radical (unpaired) electrons. The highest BCUT2D eigenvalue weighted by molar-refractivity contribution is 4.79. The molecule has 0 aromatic heterocycles. The predicted molar refractivity (Wildman–Crippen MR) is 78.0 cm³/mol. The first-order valence-electron chi connectivity index (χ1n) is 7.81. The van der Waals surface area contributed by atoms with Crippen LogP contribution in [0.2, 0.25) is 0 Å². The van der Waals surface area contributed by atoms with Gasteiger partial charge in [-0.1, -0.05) is 13.8 Å². The van der Waals surface area contributed by atoms with Gasteiger partial charge in [0.1, 0.15) is 0 Å². The van der Waals surface area contributed by atoms with Gasteiger partial charge in [0, 0.05) is 19.3 Å². The molecule has 1 atom stereocenters. The van der Waals surface area contributed by atoms with Crippen molar-refractivity contribution in [1.82, 2.24) is 10.2 Å². The number of rotatable bonds is 9. The lowest BCUT2D eigenvalue weighted by Gasteiger charge is -2.34. The van der Waals surface area contributed by atoms with Crippen LogP contribution in [0.3, 0.4) is 0 Å². The van der Waals surface area contributed by atoms with Crippen molar-refractivity contribution in [2.24, 2.45) is 5.92 Å². The molecule has 1 N–H and O–H groups in total. The third-order valence-electron chi connectivity index (χ3n) is 4.07. The lowest BCUT2D eigenvalue weighted by molar-refractivity contribution is 0.129. The van der Waals surface area contributed by atoms with E-state index < -0.39 is 0 Å². The van der Waals surface area contributed by atoms with Crippen LogP contribution in [0.15, 0.2) is 0 Å². The Morgan fingerprint density at radius 1 is 1.22 bits per heavy atom. The molecule has 1 aliphatic heterocycles. The van der Waals surface area contributed by atoms with E-state index in [1.54, 1.807) is 0 Å². The average Bonchev–Trinajstić information content (AvgIpc) is 2.42. The summed E-state index contributed by atoms with van der Waals surface area (Å²) in [5, 5.41) is 3.66. The molecular weight excluding hydrogens is 224 g/mol. The van der Waals surface area contributed by atoms with Crippen molar-refractivity contribution in [2.45, 2.75) is 52.5 Å². The van der Waals surface area contributed by atoms with Crippen LogP contribution in [-0.4, -0.2) is 50.3 Å². The maximum absolute atomic E-state index is 5.49. The van der Waals surface area contributed by atoms with Gasteiger partial charge in [0.15, 0.2) is 0 Å². The Labute approximate surface area is 113 Å². The van der Waals surface area contributed by atoms with E-state index in [4.69, 9.17) is 4.74 Å². The fourth-order valence-electron chi connectivity index (χ4n) is 2.69. The molecule has 0 aliphatic carbocycles. The first-order valence-corrected chi connectivity index (χ1v) is 7.81. The predicted octanol–water partition coefficient (Wildman–Crippen LogP) is 2.51. The summed E-state index contributed by atoms with van der Waals surface area (Å²) in [6.07, 6.45) is 4.97. The van der Waals surface area contributed by atoms with E-state index in [-0.39, 0.29) is 0 Å². The number of likely N-dealkylation sites (tertiary alicyclic amines) is 1. The minimum Gasteiger partial charge on any atom is -0.381 e. The van der Waals surface area contributed by atoms with Crippen molar-refractivity contribution in [1.29, 1.82) is 0 Å². The van der Waals surface area contributed by atoms with Crippen LogP contribution in [0, 0.1) is 5.92 Å². The van der Waals surface area contributed by atoms with Crippen molar-refractivity contribution in [3.63, 3.8) is 0 Å². The molecule has 0 aromatic carbocycles. The van der Waals surface area contributed by atoms with Gasteiger partial charge in [-0.05, 0) is 64.7 Å².